The fourth-order valence-corrected chi connectivity index (χ4v) is 3.16. The van der Waals surface area contributed by atoms with E-state index in [2.05, 4.69) is 0 Å². The first-order valence-corrected chi connectivity index (χ1v) is 6.16. The second-order valence-electron chi connectivity index (χ2n) is 2.91. The highest BCUT2D eigenvalue weighted by atomic mass is 32.2. The highest BCUT2D eigenvalue weighted by molar-refractivity contribution is 7.99. The van der Waals surface area contributed by atoms with Crippen molar-refractivity contribution in [3.05, 3.63) is 23.1 Å². The zero-order chi connectivity index (χ0) is 10.1. The van der Waals surface area contributed by atoms with E-state index in [9.17, 15) is 4.79 Å². The van der Waals surface area contributed by atoms with Crippen LogP contribution < -0.4 is 5.73 Å². The molecule has 0 saturated carbocycles. The Morgan fingerprint density at radius 3 is 2.93 bits per heavy atom. The van der Waals surface area contributed by atoms with Crippen LogP contribution in [0.15, 0.2) is 22.4 Å². The van der Waals surface area contributed by atoms with Crippen molar-refractivity contribution < 1.29 is 4.79 Å². The first-order chi connectivity index (χ1) is 6.76. The molecule has 0 aliphatic rings. The van der Waals surface area contributed by atoms with E-state index in [-0.39, 0.29) is 0 Å². The zero-order valence-corrected chi connectivity index (χ0v) is 9.24. The van der Waals surface area contributed by atoms with Gasteiger partial charge in [0.25, 0.3) is 0 Å². The van der Waals surface area contributed by atoms with E-state index >= 15 is 0 Å². The van der Waals surface area contributed by atoms with Crippen LogP contribution in [0, 0.1) is 0 Å². The number of fused-ring (bicyclic) bond motifs is 1. The minimum absolute atomic E-state index is 0.687. The van der Waals surface area contributed by atoms with Crippen LogP contribution in [0.2, 0.25) is 0 Å². The molecule has 72 valence electrons. The third-order valence-corrected chi connectivity index (χ3v) is 3.99. The maximum Gasteiger partial charge on any atom is 0.150 e. The third-order valence-electron chi connectivity index (χ3n) is 2.05. The normalized spacial score (nSPS) is 10.6. The van der Waals surface area contributed by atoms with Crippen molar-refractivity contribution in [1.82, 2.24) is 0 Å². The molecule has 1 heterocycles. The summed E-state index contributed by atoms with van der Waals surface area (Å²) in [7, 11) is 0. The number of carbonyl (C=O) groups excluding carboxylic acids is 1. The predicted octanol–water partition coefficient (Wildman–Crippen LogP) is 3.02. The molecule has 14 heavy (non-hydrogen) atoms. The standard InChI is InChI=1S/C10H9NOS2/c1-13-9-3-6(4-12)2-7-8(11)5-14-10(7)9/h2-5H,11H2,1H3. The molecule has 0 aliphatic heterocycles. The van der Waals surface area contributed by atoms with Crippen LogP contribution in [0.5, 0.6) is 0 Å². The Balaban J connectivity index is 2.82. The van der Waals surface area contributed by atoms with Gasteiger partial charge in [0, 0.05) is 25.9 Å². The number of nitrogens with two attached hydrogens (primary N) is 1. The number of thioether (sulfide) groups is 1. The molecule has 2 aromatic rings. The molecule has 1 aromatic carbocycles. The molecule has 2 rings (SSSR count). The summed E-state index contributed by atoms with van der Waals surface area (Å²) >= 11 is 3.26. The van der Waals surface area contributed by atoms with Crippen LogP contribution in [0.25, 0.3) is 10.1 Å². The Labute approximate surface area is 90.1 Å². The molecule has 0 unspecified atom stereocenters. The second kappa shape index (κ2) is 3.63. The molecule has 0 saturated heterocycles. The van der Waals surface area contributed by atoms with Gasteiger partial charge in [-0.1, -0.05) is 0 Å². The SMILES string of the molecule is CSc1cc(C=O)cc2c(N)csc12. The molecule has 2 nitrogen and oxygen atoms in total. The number of hydrogen-bond acceptors (Lipinski definition) is 4. The highest BCUT2D eigenvalue weighted by Gasteiger charge is 2.07. The largest absolute Gasteiger partial charge is 0.398 e. The van der Waals surface area contributed by atoms with Crippen LogP contribution in [-0.2, 0) is 0 Å². The number of rotatable bonds is 2. The molecule has 2 N–H and O–H groups in total. The molecule has 0 spiro atoms. The third kappa shape index (κ3) is 1.40. The van der Waals surface area contributed by atoms with Crippen molar-refractivity contribution in [3.8, 4) is 0 Å². The number of hydrogen-bond donors (Lipinski definition) is 1. The van der Waals surface area contributed by atoms with E-state index in [0.29, 0.717) is 5.56 Å². The average Bonchev–Trinajstić information content (AvgIpc) is 2.59. The summed E-state index contributed by atoms with van der Waals surface area (Å²) in [6.07, 6.45) is 2.86. The molecular formula is C10H9NOS2. The molecule has 1 aromatic heterocycles. The fourth-order valence-electron chi connectivity index (χ4n) is 1.37. The number of benzene rings is 1. The number of aldehydes is 1. The van der Waals surface area contributed by atoms with Gasteiger partial charge in [-0.3, -0.25) is 4.79 Å². The van der Waals surface area contributed by atoms with Crippen molar-refractivity contribution in [2.24, 2.45) is 0 Å². The fraction of sp³-hybridized carbons (Fsp3) is 0.100. The van der Waals surface area contributed by atoms with Gasteiger partial charge in [-0.05, 0) is 18.4 Å². The van der Waals surface area contributed by atoms with Crippen LogP contribution in [-0.4, -0.2) is 12.5 Å². The van der Waals surface area contributed by atoms with E-state index in [1.807, 2.05) is 23.8 Å². The lowest BCUT2D eigenvalue weighted by atomic mass is 10.2. The summed E-state index contributed by atoms with van der Waals surface area (Å²) in [5.41, 5.74) is 7.25. The first kappa shape index (κ1) is 9.55. The van der Waals surface area contributed by atoms with E-state index < -0.39 is 0 Å². The van der Waals surface area contributed by atoms with Crippen LogP contribution in [0.4, 0.5) is 5.69 Å². The lowest BCUT2D eigenvalue weighted by Gasteiger charge is -2.00. The first-order valence-electron chi connectivity index (χ1n) is 4.06. The maximum atomic E-state index is 10.7. The van der Waals surface area contributed by atoms with Gasteiger partial charge in [0.15, 0.2) is 0 Å². The van der Waals surface area contributed by atoms with Gasteiger partial charge >= 0.3 is 0 Å². The number of thiophene rings is 1. The van der Waals surface area contributed by atoms with E-state index in [4.69, 9.17) is 5.73 Å². The molecule has 0 fully saturated rings. The summed E-state index contributed by atoms with van der Waals surface area (Å²) in [4.78, 5) is 11.8. The molecule has 4 heteroatoms. The molecule has 0 amide bonds. The van der Waals surface area contributed by atoms with E-state index in [1.54, 1.807) is 23.1 Å². The molecule has 0 bridgehead atoms. The van der Waals surface area contributed by atoms with Gasteiger partial charge in [-0.15, -0.1) is 23.1 Å². The summed E-state index contributed by atoms with van der Waals surface area (Å²) < 4.78 is 1.17. The Hall–Kier alpha value is -1.000. The minimum atomic E-state index is 0.687. The van der Waals surface area contributed by atoms with Gasteiger partial charge in [-0.2, -0.15) is 0 Å². The number of nitrogen functional groups attached to an aromatic ring is 1. The second-order valence-corrected chi connectivity index (χ2v) is 4.64. The summed E-state index contributed by atoms with van der Waals surface area (Å²) in [6.45, 7) is 0. The number of anilines is 1. The van der Waals surface area contributed by atoms with Gasteiger partial charge in [0.05, 0.1) is 5.69 Å². The molecule has 0 aliphatic carbocycles. The highest BCUT2D eigenvalue weighted by Crippen LogP contribution is 2.35. The summed E-state index contributed by atoms with van der Waals surface area (Å²) in [6, 6.07) is 3.74. The van der Waals surface area contributed by atoms with Gasteiger partial charge < -0.3 is 5.73 Å². The monoisotopic (exact) mass is 223 g/mol. The zero-order valence-electron chi connectivity index (χ0n) is 7.61. The molecule has 0 atom stereocenters. The van der Waals surface area contributed by atoms with Crippen molar-refractivity contribution in [3.63, 3.8) is 0 Å². The average molecular weight is 223 g/mol. The lowest BCUT2D eigenvalue weighted by Crippen LogP contribution is -1.85. The number of carbonyl (C=O) groups is 1. The Morgan fingerprint density at radius 2 is 2.29 bits per heavy atom. The van der Waals surface area contributed by atoms with Crippen molar-refractivity contribution in [2.75, 3.05) is 12.0 Å². The summed E-state index contributed by atoms with van der Waals surface area (Å²) in [5, 5.41) is 2.91. The summed E-state index contributed by atoms with van der Waals surface area (Å²) in [5.74, 6) is 0. The van der Waals surface area contributed by atoms with Crippen molar-refractivity contribution in [1.29, 1.82) is 0 Å². The van der Waals surface area contributed by atoms with Crippen molar-refractivity contribution >= 4 is 45.2 Å². The quantitative estimate of drug-likeness (QED) is 0.628. The Kier molecular flexibility index (Phi) is 2.48. The van der Waals surface area contributed by atoms with Gasteiger partial charge in [0.1, 0.15) is 6.29 Å². The van der Waals surface area contributed by atoms with Gasteiger partial charge in [0.2, 0.25) is 0 Å². The van der Waals surface area contributed by atoms with Crippen LogP contribution in [0.3, 0.4) is 0 Å². The Bertz CT molecular complexity index is 490. The van der Waals surface area contributed by atoms with E-state index in [0.717, 1.165) is 22.3 Å². The van der Waals surface area contributed by atoms with Gasteiger partial charge in [-0.25, -0.2) is 0 Å². The van der Waals surface area contributed by atoms with Crippen LogP contribution >= 0.6 is 23.1 Å². The maximum absolute atomic E-state index is 10.7. The molecule has 0 radical (unpaired) electrons. The predicted molar refractivity (Wildman–Crippen MR) is 63.4 cm³/mol. The smallest absolute Gasteiger partial charge is 0.150 e. The van der Waals surface area contributed by atoms with Crippen LogP contribution in [0.1, 0.15) is 10.4 Å². The Morgan fingerprint density at radius 1 is 1.50 bits per heavy atom. The lowest BCUT2D eigenvalue weighted by molar-refractivity contribution is 0.112. The molecular weight excluding hydrogens is 214 g/mol. The van der Waals surface area contributed by atoms with E-state index in [1.165, 1.54) is 4.70 Å². The minimum Gasteiger partial charge on any atom is -0.398 e. The van der Waals surface area contributed by atoms with Crippen molar-refractivity contribution in [2.45, 2.75) is 4.90 Å². The topological polar surface area (TPSA) is 43.1 Å².